The Morgan fingerprint density at radius 1 is 1.12 bits per heavy atom. The Morgan fingerprint density at radius 2 is 1.76 bits per heavy atom. The van der Waals surface area contributed by atoms with E-state index >= 15 is 0 Å². The molecule has 2 heterocycles. The SMILES string of the molecule is Cc1c(Br)ccnc1N1CCC(Oc2ccc(C(F)(F)F)cc2)CC1. The van der Waals surface area contributed by atoms with Gasteiger partial charge >= 0.3 is 6.18 Å². The molecule has 2 aromatic rings. The van der Waals surface area contributed by atoms with Crippen molar-refractivity contribution in [3.05, 3.63) is 52.1 Å². The smallest absolute Gasteiger partial charge is 0.416 e. The van der Waals surface area contributed by atoms with Gasteiger partial charge < -0.3 is 9.64 Å². The predicted octanol–water partition coefficient (Wildman–Crippen LogP) is 5.22. The molecule has 3 nitrogen and oxygen atoms in total. The fourth-order valence-electron chi connectivity index (χ4n) is 2.92. The first-order chi connectivity index (χ1) is 11.8. The zero-order chi connectivity index (χ0) is 18.0. The minimum Gasteiger partial charge on any atom is -0.490 e. The molecule has 1 aromatic heterocycles. The van der Waals surface area contributed by atoms with Crippen molar-refractivity contribution >= 4 is 21.7 Å². The fourth-order valence-corrected chi connectivity index (χ4v) is 3.22. The van der Waals surface area contributed by atoms with Crippen LogP contribution in [0.4, 0.5) is 19.0 Å². The van der Waals surface area contributed by atoms with Gasteiger partial charge in [-0.2, -0.15) is 13.2 Å². The maximum absolute atomic E-state index is 12.6. The summed E-state index contributed by atoms with van der Waals surface area (Å²) in [6.45, 7) is 3.63. The summed E-state index contributed by atoms with van der Waals surface area (Å²) in [5, 5.41) is 0. The van der Waals surface area contributed by atoms with Gasteiger partial charge in [-0.1, -0.05) is 15.9 Å². The molecule has 0 radical (unpaired) electrons. The van der Waals surface area contributed by atoms with Gasteiger partial charge in [0, 0.05) is 42.2 Å². The lowest BCUT2D eigenvalue weighted by Crippen LogP contribution is -2.39. The molecule has 1 saturated heterocycles. The van der Waals surface area contributed by atoms with Crippen LogP contribution in [-0.4, -0.2) is 24.2 Å². The highest BCUT2D eigenvalue weighted by Gasteiger charge is 2.30. The van der Waals surface area contributed by atoms with Crippen LogP contribution in [0.1, 0.15) is 24.0 Å². The second-order valence-electron chi connectivity index (χ2n) is 6.07. The summed E-state index contributed by atoms with van der Waals surface area (Å²) in [5.74, 6) is 1.44. The molecule has 7 heteroatoms. The monoisotopic (exact) mass is 414 g/mol. The van der Waals surface area contributed by atoms with Gasteiger partial charge in [-0.15, -0.1) is 0 Å². The standard InChI is InChI=1S/C18H18BrF3N2O/c1-12-16(19)6-9-23-17(12)24-10-7-15(8-11-24)25-14-4-2-13(3-5-14)18(20,21)22/h2-6,9,15H,7-8,10-11H2,1H3. The number of piperidine rings is 1. The molecule has 0 spiro atoms. The van der Waals surface area contributed by atoms with E-state index in [1.807, 2.05) is 13.0 Å². The largest absolute Gasteiger partial charge is 0.490 e. The number of benzene rings is 1. The van der Waals surface area contributed by atoms with E-state index in [1.165, 1.54) is 12.1 Å². The molecule has 1 aliphatic heterocycles. The zero-order valence-electron chi connectivity index (χ0n) is 13.7. The van der Waals surface area contributed by atoms with Gasteiger partial charge in [0.1, 0.15) is 17.7 Å². The number of nitrogens with zero attached hydrogens (tertiary/aromatic N) is 2. The van der Waals surface area contributed by atoms with Crippen LogP contribution in [0.15, 0.2) is 41.0 Å². The van der Waals surface area contributed by atoms with Crippen molar-refractivity contribution in [2.24, 2.45) is 0 Å². The average molecular weight is 415 g/mol. The highest BCUT2D eigenvalue weighted by atomic mass is 79.9. The molecular formula is C18H18BrF3N2O. The highest BCUT2D eigenvalue weighted by molar-refractivity contribution is 9.10. The summed E-state index contributed by atoms with van der Waals surface area (Å²) in [7, 11) is 0. The minimum atomic E-state index is -4.32. The number of pyridine rings is 1. The third-order valence-corrected chi connectivity index (χ3v) is 5.20. The lowest BCUT2D eigenvalue weighted by molar-refractivity contribution is -0.137. The van der Waals surface area contributed by atoms with Crippen LogP contribution in [-0.2, 0) is 6.18 Å². The van der Waals surface area contributed by atoms with Crippen LogP contribution >= 0.6 is 15.9 Å². The molecule has 1 aliphatic rings. The molecule has 1 fully saturated rings. The van der Waals surface area contributed by atoms with E-state index in [4.69, 9.17) is 4.74 Å². The maximum Gasteiger partial charge on any atom is 0.416 e. The van der Waals surface area contributed by atoms with Gasteiger partial charge in [0.2, 0.25) is 0 Å². The molecule has 0 amide bonds. The molecule has 0 saturated carbocycles. The van der Waals surface area contributed by atoms with E-state index in [2.05, 4.69) is 25.8 Å². The summed E-state index contributed by atoms with van der Waals surface area (Å²) in [5.41, 5.74) is 0.440. The quantitative estimate of drug-likeness (QED) is 0.688. The zero-order valence-corrected chi connectivity index (χ0v) is 15.3. The van der Waals surface area contributed by atoms with Gasteiger partial charge in [0.25, 0.3) is 0 Å². The molecule has 0 bridgehead atoms. The van der Waals surface area contributed by atoms with E-state index in [1.54, 1.807) is 6.20 Å². The molecular weight excluding hydrogens is 397 g/mol. The summed E-state index contributed by atoms with van der Waals surface area (Å²) < 4.78 is 44.6. The van der Waals surface area contributed by atoms with Crippen molar-refractivity contribution in [2.75, 3.05) is 18.0 Å². The number of ether oxygens (including phenoxy) is 1. The topological polar surface area (TPSA) is 25.4 Å². The maximum atomic E-state index is 12.6. The van der Waals surface area contributed by atoms with Gasteiger partial charge in [0.15, 0.2) is 0 Å². The Labute approximate surface area is 152 Å². The minimum absolute atomic E-state index is 0.000413. The number of anilines is 1. The lowest BCUT2D eigenvalue weighted by Gasteiger charge is -2.33. The Morgan fingerprint density at radius 3 is 2.36 bits per heavy atom. The van der Waals surface area contributed by atoms with Gasteiger partial charge in [-0.25, -0.2) is 4.98 Å². The van der Waals surface area contributed by atoms with Crippen LogP contribution in [0, 0.1) is 6.92 Å². The average Bonchev–Trinajstić information content (AvgIpc) is 2.58. The second kappa shape index (κ2) is 7.23. The second-order valence-corrected chi connectivity index (χ2v) is 6.92. The van der Waals surface area contributed by atoms with Crippen molar-refractivity contribution in [1.82, 2.24) is 4.98 Å². The first-order valence-electron chi connectivity index (χ1n) is 8.04. The van der Waals surface area contributed by atoms with Crippen molar-refractivity contribution in [1.29, 1.82) is 0 Å². The number of rotatable bonds is 3. The Balaban J connectivity index is 1.58. The number of aromatic nitrogens is 1. The normalized spacial score (nSPS) is 16.1. The van der Waals surface area contributed by atoms with Crippen LogP contribution in [0.25, 0.3) is 0 Å². The molecule has 3 rings (SSSR count). The van der Waals surface area contributed by atoms with E-state index in [9.17, 15) is 13.2 Å². The Kier molecular flexibility index (Phi) is 5.22. The molecule has 25 heavy (non-hydrogen) atoms. The summed E-state index contributed by atoms with van der Waals surface area (Å²) in [6, 6.07) is 6.79. The molecule has 134 valence electrons. The lowest BCUT2D eigenvalue weighted by atomic mass is 10.1. The first kappa shape index (κ1) is 18.0. The predicted molar refractivity (Wildman–Crippen MR) is 94.0 cm³/mol. The van der Waals surface area contributed by atoms with Crippen LogP contribution in [0.3, 0.4) is 0 Å². The van der Waals surface area contributed by atoms with Gasteiger partial charge in [0.05, 0.1) is 5.56 Å². The number of hydrogen-bond acceptors (Lipinski definition) is 3. The van der Waals surface area contributed by atoms with Crippen molar-refractivity contribution in [3.8, 4) is 5.75 Å². The third kappa shape index (κ3) is 4.26. The fraction of sp³-hybridized carbons (Fsp3) is 0.389. The van der Waals surface area contributed by atoms with E-state index in [-0.39, 0.29) is 6.10 Å². The molecule has 0 unspecified atom stereocenters. The van der Waals surface area contributed by atoms with Crippen molar-refractivity contribution < 1.29 is 17.9 Å². The molecule has 0 N–H and O–H groups in total. The van der Waals surface area contributed by atoms with Crippen molar-refractivity contribution in [3.63, 3.8) is 0 Å². The van der Waals surface area contributed by atoms with Gasteiger partial charge in [-0.05, 0) is 37.3 Å². The van der Waals surface area contributed by atoms with Crippen LogP contribution in [0.2, 0.25) is 0 Å². The molecule has 0 aliphatic carbocycles. The number of hydrogen-bond donors (Lipinski definition) is 0. The number of halogens is 4. The summed E-state index contributed by atoms with van der Waals surface area (Å²) >= 11 is 3.52. The van der Waals surface area contributed by atoms with Crippen LogP contribution in [0.5, 0.6) is 5.75 Å². The van der Waals surface area contributed by atoms with Crippen molar-refractivity contribution in [2.45, 2.75) is 32.0 Å². The summed E-state index contributed by atoms with van der Waals surface area (Å²) in [4.78, 5) is 6.67. The third-order valence-electron chi connectivity index (χ3n) is 4.34. The van der Waals surface area contributed by atoms with Gasteiger partial charge in [-0.3, -0.25) is 0 Å². The van der Waals surface area contributed by atoms with E-state index < -0.39 is 11.7 Å². The van der Waals surface area contributed by atoms with Crippen LogP contribution < -0.4 is 9.64 Å². The number of alkyl halides is 3. The highest BCUT2D eigenvalue weighted by Crippen LogP contribution is 2.31. The van der Waals surface area contributed by atoms with E-state index in [0.29, 0.717) is 5.75 Å². The Hall–Kier alpha value is -1.76. The summed E-state index contributed by atoms with van der Waals surface area (Å²) in [6.07, 6.45) is -0.945. The molecule has 1 aromatic carbocycles. The van der Waals surface area contributed by atoms with E-state index in [0.717, 1.165) is 53.9 Å². The Bertz CT molecular complexity index is 726. The first-order valence-corrected chi connectivity index (χ1v) is 8.84. The molecule has 0 atom stereocenters.